The standard InChI is InChI=1S/C48H73NO4.2C2H6.C2H2/c1-31(2)35-18-23-48(28-40(51)49-30-34-15-13-14-32(3)26-34)25-24-46(11)38(47(35,48)12)17-16-37-44(9)21-20-39(43(7,8)36(44)19-22-45(37,46)10)53-41(52)29-42(5,6)27-33(4)50;3*1-2/h13-15,26,35-39,50H,1,4,16-25,27-30H2,2-3,5-12H3,(H,49,51);2*1-2H3;1-2H/t35-,36?,37?,38-,39-,44-,45+,46+,47?,48+;;;/m0.../s1. The van der Waals surface area contributed by atoms with Gasteiger partial charge in [0.15, 0.2) is 0 Å². The number of benzene rings is 1. The molecule has 1 amide bonds. The molecule has 5 heteroatoms. The van der Waals surface area contributed by atoms with Gasteiger partial charge < -0.3 is 15.2 Å². The fourth-order valence-electron chi connectivity index (χ4n) is 15.1. The number of hydrogen-bond donors (Lipinski definition) is 2. The summed E-state index contributed by atoms with van der Waals surface area (Å²) in [6, 6.07) is 8.48. The first-order valence-corrected chi connectivity index (χ1v) is 23.4. The van der Waals surface area contributed by atoms with E-state index >= 15 is 0 Å². The Bertz CT molecular complexity index is 1670. The quantitative estimate of drug-likeness (QED) is 0.107. The minimum atomic E-state index is -0.390. The van der Waals surface area contributed by atoms with Crippen LogP contribution in [-0.4, -0.2) is 23.1 Å². The van der Waals surface area contributed by atoms with Crippen LogP contribution in [-0.2, 0) is 20.9 Å². The second-order valence-electron chi connectivity index (χ2n) is 21.5. The lowest BCUT2D eigenvalue weighted by Gasteiger charge is -2.75. The van der Waals surface area contributed by atoms with Crippen molar-refractivity contribution in [2.24, 2.45) is 61.6 Å². The zero-order valence-corrected chi connectivity index (χ0v) is 40.3. The molecule has 332 valence electrons. The Hall–Kier alpha value is -3.00. The number of carbonyl (C=O) groups is 2. The predicted molar refractivity (Wildman–Crippen MR) is 248 cm³/mol. The van der Waals surface area contributed by atoms with E-state index in [4.69, 9.17) is 4.74 Å². The fourth-order valence-corrected chi connectivity index (χ4v) is 15.1. The van der Waals surface area contributed by atoms with Gasteiger partial charge in [0.05, 0.1) is 12.2 Å². The summed E-state index contributed by atoms with van der Waals surface area (Å²) in [5, 5.41) is 13.2. The summed E-state index contributed by atoms with van der Waals surface area (Å²) in [5.74, 6) is 2.24. The van der Waals surface area contributed by atoms with E-state index in [2.05, 4.69) is 111 Å². The van der Waals surface area contributed by atoms with Crippen LogP contribution < -0.4 is 5.32 Å². The van der Waals surface area contributed by atoms with E-state index in [9.17, 15) is 14.7 Å². The number of esters is 1. The van der Waals surface area contributed by atoms with E-state index in [0.717, 1.165) is 38.5 Å². The number of carbonyl (C=O) groups excluding carboxylic acids is 2. The smallest absolute Gasteiger partial charge is 0.306 e. The van der Waals surface area contributed by atoms with E-state index in [1.807, 2.05) is 41.5 Å². The van der Waals surface area contributed by atoms with Crippen LogP contribution in [0.4, 0.5) is 0 Å². The van der Waals surface area contributed by atoms with Gasteiger partial charge in [0.1, 0.15) is 6.10 Å². The van der Waals surface area contributed by atoms with Crippen molar-refractivity contribution in [1.29, 1.82) is 0 Å². The third-order valence-corrected chi connectivity index (χ3v) is 17.7. The number of terminal acetylenes is 1. The maximum Gasteiger partial charge on any atom is 0.306 e. The van der Waals surface area contributed by atoms with Crippen LogP contribution in [0.3, 0.4) is 0 Å². The maximum absolute atomic E-state index is 13.9. The molecule has 5 fully saturated rings. The lowest BCUT2D eigenvalue weighted by atomic mass is 9.30. The van der Waals surface area contributed by atoms with Crippen LogP contribution in [0, 0.1) is 81.3 Å². The monoisotopic (exact) mass is 814 g/mol. The molecule has 0 radical (unpaired) electrons. The summed E-state index contributed by atoms with van der Waals surface area (Å²) in [6.07, 6.45) is 20.6. The number of hydrogen-bond acceptors (Lipinski definition) is 4. The Morgan fingerprint density at radius 1 is 0.831 bits per heavy atom. The molecule has 59 heavy (non-hydrogen) atoms. The van der Waals surface area contributed by atoms with Crippen molar-refractivity contribution >= 4 is 11.9 Å². The van der Waals surface area contributed by atoms with Crippen LogP contribution in [0.25, 0.3) is 0 Å². The van der Waals surface area contributed by atoms with E-state index in [0.29, 0.717) is 43.1 Å². The predicted octanol–water partition coefficient (Wildman–Crippen LogP) is 14.1. The van der Waals surface area contributed by atoms with Gasteiger partial charge in [0, 0.05) is 24.8 Å². The van der Waals surface area contributed by atoms with Gasteiger partial charge in [-0.15, -0.1) is 12.8 Å². The molecular formula is C54H87NO4. The molecule has 6 rings (SSSR count). The lowest BCUT2D eigenvalue weighted by molar-refractivity contribution is -0.266. The molecule has 0 bridgehead atoms. The molecule has 5 saturated carbocycles. The van der Waals surface area contributed by atoms with Crippen molar-refractivity contribution < 1.29 is 19.4 Å². The molecule has 0 saturated heterocycles. The van der Waals surface area contributed by atoms with Gasteiger partial charge in [-0.2, -0.15) is 0 Å². The Morgan fingerprint density at radius 3 is 2.03 bits per heavy atom. The van der Waals surface area contributed by atoms with Crippen LogP contribution in [0.5, 0.6) is 0 Å². The van der Waals surface area contributed by atoms with Gasteiger partial charge >= 0.3 is 5.97 Å². The number of nitrogens with one attached hydrogen (secondary N) is 1. The first-order valence-electron chi connectivity index (χ1n) is 23.4. The molecule has 1 aromatic rings. The van der Waals surface area contributed by atoms with Crippen LogP contribution in [0.1, 0.15) is 185 Å². The molecule has 10 atom stereocenters. The molecule has 0 aromatic heterocycles. The molecule has 0 heterocycles. The Kier molecular flexibility index (Phi) is 16.2. The van der Waals surface area contributed by atoms with E-state index in [1.54, 1.807) is 0 Å². The van der Waals surface area contributed by atoms with Crippen molar-refractivity contribution in [3.63, 3.8) is 0 Å². The normalized spacial score (nSPS) is 36.3. The van der Waals surface area contributed by atoms with Gasteiger partial charge in [-0.05, 0) is 140 Å². The Labute approximate surface area is 362 Å². The number of fused-ring (bicyclic) bond motifs is 7. The van der Waals surface area contributed by atoms with Crippen molar-refractivity contribution in [3.8, 4) is 12.8 Å². The number of aliphatic hydroxyl groups is 1. The average Bonchev–Trinajstić information content (AvgIpc) is 3.46. The first kappa shape index (κ1) is 50.4. The highest BCUT2D eigenvalue weighted by Gasteiger charge is 2.74. The molecule has 5 nitrogen and oxygen atoms in total. The zero-order valence-electron chi connectivity index (χ0n) is 40.3. The van der Waals surface area contributed by atoms with Crippen LogP contribution in [0.15, 0.2) is 48.8 Å². The largest absolute Gasteiger partial charge is 0.513 e. The molecule has 3 unspecified atom stereocenters. The first-order chi connectivity index (χ1) is 27.5. The molecule has 5 aliphatic rings. The van der Waals surface area contributed by atoms with Gasteiger partial charge in [0.2, 0.25) is 5.91 Å². The van der Waals surface area contributed by atoms with Gasteiger partial charge in [-0.25, -0.2) is 0 Å². The number of rotatable bonds is 10. The summed E-state index contributed by atoms with van der Waals surface area (Å²) >= 11 is 0. The summed E-state index contributed by atoms with van der Waals surface area (Å²) in [4.78, 5) is 27.3. The fraction of sp³-hybridized carbons (Fsp3) is 0.741. The average molecular weight is 814 g/mol. The minimum absolute atomic E-state index is 0.00923. The van der Waals surface area contributed by atoms with E-state index in [-0.39, 0.29) is 62.7 Å². The highest BCUT2D eigenvalue weighted by molar-refractivity contribution is 5.77. The molecular weight excluding hydrogens is 727 g/mol. The number of ether oxygens (including phenoxy) is 1. The number of allylic oxidation sites excluding steroid dienone is 2. The SMILES string of the molecule is C#C.C=C(O)CC(C)(C)CC(=O)O[C@H]1CC[C@@]2(C)C(CC[C@]3(C)C2CC[C@@H]2C4(C)[C@H](C(=C)C)CC[C@]4(CC(=O)NCc4cccc(C)c4)CC[C@]23C)C1(C)C.CC.CC. The molecule has 2 N–H and O–H groups in total. The van der Waals surface area contributed by atoms with Crippen molar-refractivity contribution in [2.75, 3.05) is 0 Å². The van der Waals surface area contributed by atoms with E-state index < -0.39 is 5.41 Å². The van der Waals surface area contributed by atoms with Gasteiger partial charge in [0.25, 0.3) is 0 Å². The number of amides is 1. The summed E-state index contributed by atoms with van der Waals surface area (Å²) < 4.78 is 6.38. The second kappa shape index (κ2) is 18.9. The maximum atomic E-state index is 13.9. The van der Waals surface area contributed by atoms with E-state index in [1.165, 1.54) is 42.4 Å². The third-order valence-electron chi connectivity index (χ3n) is 17.7. The number of aryl methyl sites for hydroxylation is 1. The summed E-state index contributed by atoms with van der Waals surface area (Å²) in [5.41, 5.74) is 3.75. The zero-order chi connectivity index (χ0) is 45.0. The van der Waals surface area contributed by atoms with Crippen molar-refractivity contribution in [2.45, 2.75) is 193 Å². The second-order valence-corrected chi connectivity index (χ2v) is 21.5. The summed E-state index contributed by atoms with van der Waals surface area (Å²) in [7, 11) is 0. The minimum Gasteiger partial charge on any atom is -0.513 e. The highest BCUT2D eigenvalue weighted by Crippen LogP contribution is 2.81. The Balaban J connectivity index is 0.00000148. The highest BCUT2D eigenvalue weighted by atomic mass is 16.5. The molecule has 5 aliphatic carbocycles. The van der Waals surface area contributed by atoms with Gasteiger partial charge in [-0.3, -0.25) is 9.59 Å². The topological polar surface area (TPSA) is 75.6 Å². The third kappa shape index (κ3) is 9.00. The van der Waals surface area contributed by atoms with Crippen molar-refractivity contribution in [1.82, 2.24) is 5.32 Å². The van der Waals surface area contributed by atoms with Crippen molar-refractivity contribution in [3.05, 3.63) is 59.9 Å². The molecule has 1 aromatic carbocycles. The van der Waals surface area contributed by atoms with Gasteiger partial charge in [-0.1, -0.05) is 132 Å². The Morgan fingerprint density at radius 2 is 1.44 bits per heavy atom. The molecule has 0 aliphatic heterocycles. The van der Waals surface area contributed by atoms with Crippen LogP contribution >= 0.6 is 0 Å². The van der Waals surface area contributed by atoms with Crippen LogP contribution in [0.2, 0.25) is 0 Å². The number of aliphatic hydroxyl groups excluding tert-OH is 1. The molecule has 0 spiro atoms. The lowest BCUT2D eigenvalue weighted by Crippen LogP contribution is -2.68. The summed E-state index contributed by atoms with van der Waals surface area (Å²) in [6.45, 7) is 40.5.